The molecule has 11 heteroatoms. The summed E-state index contributed by atoms with van der Waals surface area (Å²) in [5, 5.41) is 2.46. The van der Waals surface area contributed by atoms with Crippen molar-refractivity contribution in [1.29, 1.82) is 0 Å². The second kappa shape index (κ2) is 7.74. The number of halogens is 4. The SMILES string of the molecule is O=C1Cc2c(nc(Oc3ccc(F)cc3)n(-c3ccc(OCC(F)(F)F)cc3)c2=O)N1. The van der Waals surface area contributed by atoms with Crippen molar-refractivity contribution in [2.24, 2.45) is 0 Å². The minimum absolute atomic E-state index is 0.0495. The van der Waals surface area contributed by atoms with Crippen LogP contribution in [0.3, 0.4) is 0 Å². The molecule has 4 rings (SSSR count). The van der Waals surface area contributed by atoms with Crippen LogP contribution in [-0.2, 0) is 11.2 Å². The van der Waals surface area contributed by atoms with Gasteiger partial charge in [0.25, 0.3) is 5.56 Å². The Morgan fingerprint density at radius 2 is 1.65 bits per heavy atom. The van der Waals surface area contributed by atoms with E-state index in [1.54, 1.807) is 0 Å². The number of carbonyl (C=O) groups is 1. The lowest BCUT2D eigenvalue weighted by atomic mass is 10.2. The molecule has 1 aliphatic heterocycles. The molecule has 2 aromatic carbocycles. The second-order valence-corrected chi connectivity index (χ2v) is 6.54. The number of ether oxygens (including phenoxy) is 2. The van der Waals surface area contributed by atoms with Gasteiger partial charge < -0.3 is 14.8 Å². The van der Waals surface area contributed by atoms with Crippen molar-refractivity contribution in [1.82, 2.24) is 9.55 Å². The van der Waals surface area contributed by atoms with E-state index in [0.717, 1.165) is 16.7 Å². The Labute approximate surface area is 171 Å². The fraction of sp³-hybridized carbons (Fsp3) is 0.150. The first-order chi connectivity index (χ1) is 14.7. The Morgan fingerprint density at radius 3 is 2.29 bits per heavy atom. The number of benzene rings is 2. The number of amides is 1. The zero-order valence-corrected chi connectivity index (χ0v) is 15.6. The van der Waals surface area contributed by atoms with Crippen molar-refractivity contribution in [2.75, 3.05) is 11.9 Å². The number of hydrogen-bond acceptors (Lipinski definition) is 5. The normalized spacial score (nSPS) is 13.0. The zero-order chi connectivity index (χ0) is 22.2. The summed E-state index contributed by atoms with van der Waals surface area (Å²) in [6.07, 6.45) is -4.67. The minimum Gasteiger partial charge on any atom is -0.484 e. The summed E-state index contributed by atoms with van der Waals surface area (Å²) in [4.78, 5) is 28.9. The fourth-order valence-electron chi connectivity index (χ4n) is 2.90. The van der Waals surface area contributed by atoms with E-state index < -0.39 is 30.1 Å². The summed E-state index contributed by atoms with van der Waals surface area (Å²) in [5.74, 6) is -0.736. The molecular formula is C20H13F4N3O4. The smallest absolute Gasteiger partial charge is 0.422 e. The first-order valence-corrected chi connectivity index (χ1v) is 8.89. The van der Waals surface area contributed by atoms with Crippen LogP contribution in [0.15, 0.2) is 53.3 Å². The molecule has 1 aromatic heterocycles. The van der Waals surface area contributed by atoms with Gasteiger partial charge in [0.15, 0.2) is 6.61 Å². The molecule has 0 atom stereocenters. The number of alkyl halides is 3. The zero-order valence-electron chi connectivity index (χ0n) is 15.6. The molecule has 0 fully saturated rings. The van der Waals surface area contributed by atoms with Crippen LogP contribution >= 0.6 is 0 Å². The molecule has 0 radical (unpaired) electrons. The lowest BCUT2D eigenvalue weighted by Crippen LogP contribution is -2.24. The Bertz CT molecular complexity index is 1190. The lowest BCUT2D eigenvalue weighted by Gasteiger charge is -2.15. The molecule has 160 valence electrons. The molecule has 1 N–H and O–H groups in total. The maximum atomic E-state index is 13.2. The van der Waals surface area contributed by atoms with Gasteiger partial charge in [-0.3, -0.25) is 9.59 Å². The molecule has 0 bridgehead atoms. The first-order valence-electron chi connectivity index (χ1n) is 8.89. The number of fused-ring (bicyclic) bond motifs is 1. The lowest BCUT2D eigenvalue weighted by molar-refractivity contribution is -0.153. The van der Waals surface area contributed by atoms with Crippen LogP contribution in [0.25, 0.3) is 5.69 Å². The Morgan fingerprint density at radius 1 is 1.00 bits per heavy atom. The predicted molar refractivity (Wildman–Crippen MR) is 100 cm³/mol. The number of anilines is 1. The van der Waals surface area contributed by atoms with E-state index in [4.69, 9.17) is 4.74 Å². The van der Waals surface area contributed by atoms with E-state index in [1.165, 1.54) is 36.4 Å². The van der Waals surface area contributed by atoms with E-state index in [9.17, 15) is 27.2 Å². The van der Waals surface area contributed by atoms with E-state index >= 15 is 0 Å². The van der Waals surface area contributed by atoms with Crippen molar-refractivity contribution >= 4 is 11.7 Å². The number of carbonyl (C=O) groups excluding carboxylic acids is 1. The van der Waals surface area contributed by atoms with Gasteiger partial charge in [-0.15, -0.1) is 0 Å². The number of hydrogen-bond donors (Lipinski definition) is 1. The summed E-state index contributed by atoms with van der Waals surface area (Å²) in [6.45, 7) is -1.46. The molecule has 0 spiro atoms. The largest absolute Gasteiger partial charge is 0.484 e. The Hall–Kier alpha value is -3.89. The van der Waals surface area contributed by atoms with Crippen molar-refractivity contribution in [2.45, 2.75) is 12.6 Å². The number of rotatable bonds is 5. The first kappa shape index (κ1) is 20.4. The summed E-state index contributed by atoms with van der Waals surface area (Å²) < 4.78 is 61.5. The summed E-state index contributed by atoms with van der Waals surface area (Å²) in [7, 11) is 0. The van der Waals surface area contributed by atoms with Gasteiger partial charge in [0.2, 0.25) is 5.91 Å². The highest BCUT2D eigenvalue weighted by molar-refractivity contribution is 5.97. The van der Waals surface area contributed by atoms with Crippen molar-refractivity contribution < 1.29 is 31.8 Å². The molecule has 1 aliphatic rings. The van der Waals surface area contributed by atoms with Crippen LogP contribution in [0.5, 0.6) is 17.5 Å². The average Bonchev–Trinajstić information content (AvgIpc) is 3.09. The van der Waals surface area contributed by atoms with E-state index in [0.29, 0.717) is 0 Å². The molecule has 0 aliphatic carbocycles. The number of aromatic nitrogens is 2. The average molecular weight is 435 g/mol. The Balaban J connectivity index is 1.73. The summed E-state index contributed by atoms with van der Waals surface area (Å²) >= 11 is 0. The molecule has 31 heavy (non-hydrogen) atoms. The molecule has 1 amide bonds. The number of nitrogens with one attached hydrogen (secondary N) is 1. The van der Waals surface area contributed by atoms with Crippen molar-refractivity contribution in [3.8, 4) is 23.2 Å². The topological polar surface area (TPSA) is 82.4 Å². The molecule has 3 aromatic rings. The molecule has 2 heterocycles. The summed E-state index contributed by atoms with van der Waals surface area (Å²) in [6, 6.07) is 9.95. The van der Waals surface area contributed by atoms with Crippen LogP contribution < -0.4 is 20.3 Å². The van der Waals surface area contributed by atoms with Crippen molar-refractivity contribution in [3.63, 3.8) is 0 Å². The van der Waals surface area contributed by atoms with Gasteiger partial charge in [-0.25, -0.2) is 8.96 Å². The van der Waals surface area contributed by atoms with E-state index in [1.807, 2.05) is 0 Å². The monoisotopic (exact) mass is 435 g/mol. The molecule has 0 saturated carbocycles. The quantitative estimate of drug-likeness (QED) is 0.620. The fourth-order valence-corrected chi connectivity index (χ4v) is 2.90. The van der Waals surface area contributed by atoms with Crippen LogP contribution in [0, 0.1) is 5.82 Å². The van der Waals surface area contributed by atoms with Crippen LogP contribution in [0.1, 0.15) is 5.56 Å². The standard InChI is InChI=1S/C20H13F4N3O4/c21-11-1-5-14(6-2-11)31-19-26-17-15(9-16(28)25-17)18(29)27(19)12-3-7-13(8-4-12)30-10-20(22,23)24/h1-8H,9-10H2,(H,25,28). The minimum atomic E-state index is -4.49. The third-order valence-electron chi connectivity index (χ3n) is 4.26. The highest BCUT2D eigenvalue weighted by Crippen LogP contribution is 2.28. The van der Waals surface area contributed by atoms with E-state index in [2.05, 4.69) is 15.0 Å². The van der Waals surface area contributed by atoms with Gasteiger partial charge in [-0.05, 0) is 48.5 Å². The number of nitrogens with zero attached hydrogens (tertiary/aromatic N) is 2. The van der Waals surface area contributed by atoms with Crippen LogP contribution in [-0.4, -0.2) is 28.2 Å². The van der Waals surface area contributed by atoms with Crippen molar-refractivity contribution in [3.05, 3.63) is 70.3 Å². The third-order valence-corrected chi connectivity index (χ3v) is 4.26. The second-order valence-electron chi connectivity index (χ2n) is 6.54. The van der Waals surface area contributed by atoms with Crippen LogP contribution in [0.4, 0.5) is 23.4 Å². The van der Waals surface area contributed by atoms with Gasteiger partial charge in [0.05, 0.1) is 17.7 Å². The van der Waals surface area contributed by atoms with E-state index in [-0.39, 0.29) is 41.0 Å². The van der Waals surface area contributed by atoms with Gasteiger partial charge in [0.1, 0.15) is 23.1 Å². The molecule has 0 saturated heterocycles. The molecule has 0 unspecified atom stereocenters. The summed E-state index contributed by atoms with van der Waals surface area (Å²) in [5.41, 5.74) is -0.255. The maximum absolute atomic E-state index is 13.2. The Kier molecular flexibility index (Phi) is 5.09. The van der Waals surface area contributed by atoms with Gasteiger partial charge >= 0.3 is 12.2 Å². The van der Waals surface area contributed by atoms with Crippen LogP contribution in [0.2, 0.25) is 0 Å². The highest BCUT2D eigenvalue weighted by Gasteiger charge is 2.29. The maximum Gasteiger partial charge on any atom is 0.422 e. The molecular weight excluding hydrogens is 422 g/mol. The third kappa shape index (κ3) is 4.49. The van der Waals surface area contributed by atoms with Gasteiger partial charge in [0, 0.05) is 0 Å². The predicted octanol–water partition coefficient (Wildman–Crippen LogP) is 3.60. The highest BCUT2D eigenvalue weighted by atomic mass is 19.4. The molecule has 7 nitrogen and oxygen atoms in total. The van der Waals surface area contributed by atoms with Gasteiger partial charge in [-0.1, -0.05) is 0 Å². The van der Waals surface area contributed by atoms with Gasteiger partial charge in [-0.2, -0.15) is 18.2 Å².